The highest BCUT2D eigenvalue weighted by Crippen LogP contribution is 2.29. The third-order valence-electron chi connectivity index (χ3n) is 4.61. The lowest BCUT2D eigenvalue weighted by Crippen LogP contribution is -2.51. The number of para-hydroxylation sites is 1. The number of ether oxygens (including phenoxy) is 1. The topological polar surface area (TPSA) is 24.5 Å². The number of hydrogen-bond acceptors (Lipinski definition) is 3. The molecule has 1 heterocycles. The Balaban J connectivity index is 2.22. The van der Waals surface area contributed by atoms with Crippen LogP contribution >= 0.6 is 0 Å². The lowest BCUT2D eigenvalue weighted by atomic mass is 9.92. The van der Waals surface area contributed by atoms with Gasteiger partial charge in [0, 0.05) is 44.6 Å². The molecule has 0 radical (unpaired) electrons. The molecular formula is C17H28N2O. The molecular weight excluding hydrogens is 248 g/mol. The van der Waals surface area contributed by atoms with Crippen LogP contribution in [0.4, 0.5) is 5.69 Å². The fraction of sp³-hybridized carbons (Fsp3) is 0.647. The SMILES string of the molecule is CCC1(CC)CN(CCCOC)c2ccccc2CN1. The maximum atomic E-state index is 5.21. The quantitative estimate of drug-likeness (QED) is 0.808. The molecule has 0 bridgehead atoms. The standard InChI is InChI=1S/C17H28N2O/c1-4-17(5-2)14-19(11-8-12-20-3)16-10-7-6-9-15(16)13-18-17/h6-7,9-10,18H,4-5,8,11-14H2,1-3H3. The number of nitrogens with one attached hydrogen (secondary N) is 1. The minimum Gasteiger partial charge on any atom is -0.385 e. The Hall–Kier alpha value is -1.06. The second-order valence-electron chi connectivity index (χ2n) is 5.74. The third-order valence-corrected chi connectivity index (χ3v) is 4.61. The summed E-state index contributed by atoms with van der Waals surface area (Å²) in [6.45, 7) is 8.53. The van der Waals surface area contributed by atoms with E-state index in [0.717, 1.165) is 45.5 Å². The van der Waals surface area contributed by atoms with Crippen LogP contribution in [0.3, 0.4) is 0 Å². The van der Waals surface area contributed by atoms with Gasteiger partial charge in [-0.05, 0) is 30.9 Å². The van der Waals surface area contributed by atoms with Crippen LogP contribution in [-0.2, 0) is 11.3 Å². The molecule has 3 heteroatoms. The summed E-state index contributed by atoms with van der Waals surface area (Å²) < 4.78 is 5.21. The number of anilines is 1. The molecule has 0 atom stereocenters. The van der Waals surface area contributed by atoms with Gasteiger partial charge in [0.1, 0.15) is 0 Å². The van der Waals surface area contributed by atoms with Gasteiger partial charge in [-0.25, -0.2) is 0 Å². The molecule has 1 aromatic rings. The molecule has 0 saturated heterocycles. The molecule has 0 spiro atoms. The Morgan fingerprint density at radius 1 is 1.25 bits per heavy atom. The van der Waals surface area contributed by atoms with Crippen molar-refractivity contribution >= 4 is 5.69 Å². The van der Waals surface area contributed by atoms with Crippen LogP contribution in [0.2, 0.25) is 0 Å². The summed E-state index contributed by atoms with van der Waals surface area (Å²) >= 11 is 0. The van der Waals surface area contributed by atoms with Crippen LogP contribution in [0.25, 0.3) is 0 Å². The predicted molar refractivity (Wildman–Crippen MR) is 85.3 cm³/mol. The van der Waals surface area contributed by atoms with Crippen molar-refractivity contribution in [3.05, 3.63) is 29.8 Å². The number of fused-ring (bicyclic) bond motifs is 1. The minimum atomic E-state index is 0.228. The highest BCUT2D eigenvalue weighted by molar-refractivity contribution is 5.55. The van der Waals surface area contributed by atoms with Gasteiger partial charge in [0.25, 0.3) is 0 Å². The molecule has 1 aliphatic rings. The molecule has 112 valence electrons. The van der Waals surface area contributed by atoms with Crippen molar-refractivity contribution in [2.75, 3.05) is 31.7 Å². The van der Waals surface area contributed by atoms with Gasteiger partial charge in [-0.15, -0.1) is 0 Å². The van der Waals surface area contributed by atoms with Crippen molar-refractivity contribution in [1.29, 1.82) is 0 Å². The molecule has 20 heavy (non-hydrogen) atoms. The van der Waals surface area contributed by atoms with E-state index in [4.69, 9.17) is 4.74 Å². The molecule has 3 nitrogen and oxygen atoms in total. The summed E-state index contributed by atoms with van der Waals surface area (Å²) in [6, 6.07) is 8.78. The van der Waals surface area contributed by atoms with Gasteiger partial charge < -0.3 is 15.0 Å². The summed E-state index contributed by atoms with van der Waals surface area (Å²) in [7, 11) is 1.78. The Labute approximate surface area is 123 Å². The van der Waals surface area contributed by atoms with Gasteiger partial charge in [-0.2, -0.15) is 0 Å². The second kappa shape index (κ2) is 7.09. The first kappa shape index (κ1) is 15.3. The summed E-state index contributed by atoms with van der Waals surface area (Å²) in [6.07, 6.45) is 3.41. The van der Waals surface area contributed by atoms with E-state index in [-0.39, 0.29) is 5.54 Å². The monoisotopic (exact) mass is 276 g/mol. The first-order chi connectivity index (χ1) is 9.74. The van der Waals surface area contributed by atoms with E-state index < -0.39 is 0 Å². The fourth-order valence-corrected chi connectivity index (χ4v) is 3.08. The Morgan fingerprint density at radius 2 is 2.00 bits per heavy atom. The number of rotatable bonds is 6. The average molecular weight is 276 g/mol. The van der Waals surface area contributed by atoms with Crippen LogP contribution < -0.4 is 10.2 Å². The molecule has 1 aromatic carbocycles. The highest BCUT2D eigenvalue weighted by Gasteiger charge is 2.31. The molecule has 2 rings (SSSR count). The molecule has 1 N–H and O–H groups in total. The fourth-order valence-electron chi connectivity index (χ4n) is 3.08. The number of nitrogens with zero attached hydrogens (tertiary/aromatic N) is 1. The molecule has 0 amide bonds. The smallest absolute Gasteiger partial charge is 0.0479 e. The van der Waals surface area contributed by atoms with Crippen LogP contribution in [0.1, 0.15) is 38.7 Å². The maximum absolute atomic E-state index is 5.21. The first-order valence-corrected chi connectivity index (χ1v) is 7.81. The normalized spacial score (nSPS) is 17.6. The number of methoxy groups -OCH3 is 1. The van der Waals surface area contributed by atoms with Gasteiger partial charge >= 0.3 is 0 Å². The Morgan fingerprint density at radius 3 is 2.70 bits per heavy atom. The van der Waals surface area contributed by atoms with Crippen LogP contribution in [0, 0.1) is 0 Å². The van der Waals surface area contributed by atoms with Gasteiger partial charge in [0.2, 0.25) is 0 Å². The van der Waals surface area contributed by atoms with Gasteiger partial charge in [-0.3, -0.25) is 0 Å². The summed E-state index contributed by atoms with van der Waals surface area (Å²) in [5.74, 6) is 0. The Bertz CT molecular complexity index is 415. The van der Waals surface area contributed by atoms with E-state index in [1.807, 2.05) is 0 Å². The lowest BCUT2D eigenvalue weighted by molar-refractivity contribution is 0.195. The van der Waals surface area contributed by atoms with E-state index in [2.05, 4.69) is 48.3 Å². The van der Waals surface area contributed by atoms with Gasteiger partial charge in [0.05, 0.1) is 0 Å². The lowest BCUT2D eigenvalue weighted by Gasteiger charge is -2.36. The van der Waals surface area contributed by atoms with E-state index in [0.29, 0.717) is 0 Å². The molecule has 0 aromatic heterocycles. The van der Waals surface area contributed by atoms with Crippen molar-refractivity contribution < 1.29 is 4.74 Å². The third kappa shape index (κ3) is 3.33. The summed E-state index contributed by atoms with van der Waals surface area (Å²) in [4.78, 5) is 2.54. The van der Waals surface area contributed by atoms with Crippen molar-refractivity contribution in [1.82, 2.24) is 5.32 Å². The summed E-state index contributed by atoms with van der Waals surface area (Å²) in [5.41, 5.74) is 3.03. The molecule has 0 saturated carbocycles. The van der Waals surface area contributed by atoms with Crippen molar-refractivity contribution in [2.45, 2.75) is 45.2 Å². The zero-order valence-corrected chi connectivity index (χ0v) is 13.1. The van der Waals surface area contributed by atoms with Crippen molar-refractivity contribution in [3.63, 3.8) is 0 Å². The number of hydrogen-bond donors (Lipinski definition) is 1. The van der Waals surface area contributed by atoms with Gasteiger partial charge in [0.15, 0.2) is 0 Å². The van der Waals surface area contributed by atoms with E-state index in [9.17, 15) is 0 Å². The number of benzene rings is 1. The molecule has 0 fully saturated rings. The molecule has 0 unspecified atom stereocenters. The van der Waals surface area contributed by atoms with E-state index in [1.54, 1.807) is 7.11 Å². The minimum absolute atomic E-state index is 0.228. The van der Waals surface area contributed by atoms with Crippen LogP contribution in [-0.4, -0.2) is 32.3 Å². The van der Waals surface area contributed by atoms with Crippen molar-refractivity contribution in [3.8, 4) is 0 Å². The summed E-state index contributed by atoms with van der Waals surface area (Å²) in [5, 5.41) is 3.80. The Kier molecular flexibility index (Phi) is 5.44. The average Bonchev–Trinajstić information content (AvgIpc) is 2.66. The van der Waals surface area contributed by atoms with Crippen molar-refractivity contribution in [2.24, 2.45) is 0 Å². The zero-order valence-electron chi connectivity index (χ0n) is 13.1. The van der Waals surface area contributed by atoms with E-state index >= 15 is 0 Å². The van der Waals surface area contributed by atoms with E-state index in [1.165, 1.54) is 11.3 Å². The van der Waals surface area contributed by atoms with Crippen LogP contribution in [0.5, 0.6) is 0 Å². The molecule has 1 aliphatic heterocycles. The first-order valence-electron chi connectivity index (χ1n) is 7.81. The van der Waals surface area contributed by atoms with Gasteiger partial charge in [-0.1, -0.05) is 32.0 Å². The predicted octanol–water partition coefficient (Wildman–Crippen LogP) is 3.19. The maximum Gasteiger partial charge on any atom is 0.0479 e. The highest BCUT2D eigenvalue weighted by atomic mass is 16.5. The molecule has 0 aliphatic carbocycles. The second-order valence-corrected chi connectivity index (χ2v) is 5.74. The van der Waals surface area contributed by atoms with Crippen LogP contribution in [0.15, 0.2) is 24.3 Å². The largest absolute Gasteiger partial charge is 0.385 e. The zero-order chi connectivity index (χ0) is 14.4.